The molecular formula is C28H29FN2O3S. The first-order valence-electron chi connectivity index (χ1n) is 11.9. The Bertz CT molecular complexity index is 1170. The highest BCUT2D eigenvalue weighted by molar-refractivity contribution is 7.10. The molecule has 1 aromatic heterocycles. The van der Waals surface area contributed by atoms with Crippen molar-refractivity contribution in [1.82, 2.24) is 5.32 Å². The molecule has 0 aliphatic heterocycles. The summed E-state index contributed by atoms with van der Waals surface area (Å²) in [5.41, 5.74) is 1.06. The molecule has 0 bridgehead atoms. The number of carbonyl (C=O) groups excluding carboxylic acids is 3. The molecule has 1 heterocycles. The van der Waals surface area contributed by atoms with Crippen LogP contribution in [0.25, 0.3) is 0 Å². The summed E-state index contributed by atoms with van der Waals surface area (Å²) in [5, 5.41) is 4.97. The Morgan fingerprint density at radius 2 is 1.71 bits per heavy atom. The third-order valence-electron chi connectivity index (χ3n) is 6.38. The Morgan fingerprint density at radius 1 is 1.00 bits per heavy atom. The van der Waals surface area contributed by atoms with Gasteiger partial charge in [-0.1, -0.05) is 43.5 Å². The van der Waals surface area contributed by atoms with Crippen LogP contribution in [0, 0.1) is 5.82 Å². The zero-order valence-corrected chi connectivity index (χ0v) is 20.5. The number of ketones is 1. The lowest BCUT2D eigenvalue weighted by Crippen LogP contribution is -2.48. The van der Waals surface area contributed by atoms with E-state index in [0.29, 0.717) is 11.3 Å². The lowest BCUT2D eigenvalue weighted by atomic mass is 9.94. The number of Topliss-reactive ketones (excluding diaryl/α,β-unsaturated/α-hetero) is 1. The molecule has 2 amide bonds. The number of anilines is 1. The van der Waals surface area contributed by atoms with E-state index in [1.54, 1.807) is 42.5 Å². The van der Waals surface area contributed by atoms with Gasteiger partial charge in [0.15, 0.2) is 5.78 Å². The predicted octanol–water partition coefficient (Wildman–Crippen LogP) is 5.86. The molecule has 1 N–H and O–H groups in total. The predicted molar refractivity (Wildman–Crippen MR) is 136 cm³/mol. The van der Waals surface area contributed by atoms with E-state index in [1.165, 1.54) is 29.2 Å². The van der Waals surface area contributed by atoms with Gasteiger partial charge in [0, 0.05) is 27.7 Å². The van der Waals surface area contributed by atoms with Crippen LogP contribution in [0.2, 0.25) is 0 Å². The number of halogens is 1. The average molecular weight is 493 g/mol. The van der Waals surface area contributed by atoms with Crippen LogP contribution in [0.15, 0.2) is 66.0 Å². The molecule has 4 rings (SSSR count). The number of rotatable bonds is 8. The van der Waals surface area contributed by atoms with Gasteiger partial charge in [-0.15, -0.1) is 11.3 Å². The molecule has 0 unspecified atom stereocenters. The first-order valence-corrected chi connectivity index (χ1v) is 12.8. The number of hydrogen-bond acceptors (Lipinski definition) is 4. The third-order valence-corrected chi connectivity index (χ3v) is 7.26. The minimum absolute atomic E-state index is 0.000129. The average Bonchev–Trinajstić information content (AvgIpc) is 3.36. The summed E-state index contributed by atoms with van der Waals surface area (Å²) >= 11 is 1.45. The fourth-order valence-electron chi connectivity index (χ4n) is 4.56. The van der Waals surface area contributed by atoms with E-state index in [9.17, 15) is 14.4 Å². The van der Waals surface area contributed by atoms with Crippen molar-refractivity contribution in [3.8, 4) is 0 Å². The van der Waals surface area contributed by atoms with Crippen molar-refractivity contribution >= 4 is 34.6 Å². The number of benzene rings is 2. The van der Waals surface area contributed by atoms with Gasteiger partial charge in [-0.2, -0.15) is 0 Å². The van der Waals surface area contributed by atoms with Crippen molar-refractivity contribution in [2.45, 2.75) is 57.5 Å². The molecule has 1 aliphatic carbocycles. The van der Waals surface area contributed by atoms with Crippen LogP contribution in [0.3, 0.4) is 0 Å². The maximum Gasteiger partial charge on any atom is 0.248 e. The molecule has 2 aromatic carbocycles. The minimum atomic E-state index is -1.19. The van der Waals surface area contributed by atoms with E-state index in [4.69, 9.17) is 0 Å². The fraction of sp³-hybridized carbons (Fsp3) is 0.321. The Balaban J connectivity index is 1.77. The highest BCUT2D eigenvalue weighted by atomic mass is 32.1. The van der Waals surface area contributed by atoms with Crippen molar-refractivity contribution in [3.63, 3.8) is 0 Å². The lowest BCUT2D eigenvalue weighted by Gasteiger charge is -2.33. The van der Waals surface area contributed by atoms with Crippen LogP contribution >= 0.6 is 11.3 Å². The number of carbonyl (C=O) groups is 3. The lowest BCUT2D eigenvalue weighted by molar-refractivity contribution is -0.127. The summed E-state index contributed by atoms with van der Waals surface area (Å²) in [6.07, 6.45) is 5.01. The number of nitrogens with zero attached hydrogens (tertiary/aromatic N) is 1. The summed E-state index contributed by atoms with van der Waals surface area (Å²) in [4.78, 5) is 41.5. The summed E-state index contributed by atoms with van der Waals surface area (Å²) in [6.45, 7) is 1.47. The van der Waals surface area contributed by atoms with Crippen molar-refractivity contribution in [2.75, 3.05) is 4.90 Å². The van der Waals surface area contributed by atoms with Gasteiger partial charge < -0.3 is 5.32 Å². The molecule has 1 saturated carbocycles. The first kappa shape index (κ1) is 24.8. The van der Waals surface area contributed by atoms with Gasteiger partial charge in [0.25, 0.3) is 0 Å². The molecule has 182 valence electrons. The van der Waals surface area contributed by atoms with Crippen molar-refractivity contribution < 1.29 is 18.8 Å². The van der Waals surface area contributed by atoms with E-state index in [1.807, 2.05) is 17.5 Å². The van der Waals surface area contributed by atoms with Crippen LogP contribution in [0.1, 0.15) is 65.9 Å². The largest absolute Gasteiger partial charge is 0.351 e. The topological polar surface area (TPSA) is 66.5 Å². The quantitative estimate of drug-likeness (QED) is 0.401. The van der Waals surface area contributed by atoms with Gasteiger partial charge in [-0.3, -0.25) is 19.3 Å². The maximum atomic E-state index is 15.1. The second-order valence-electron chi connectivity index (χ2n) is 8.89. The normalized spacial score (nSPS) is 14.8. The van der Waals surface area contributed by atoms with Crippen LogP contribution in [0.4, 0.5) is 10.1 Å². The Morgan fingerprint density at radius 3 is 2.34 bits per heavy atom. The van der Waals surface area contributed by atoms with Crippen LogP contribution in [-0.4, -0.2) is 23.6 Å². The van der Waals surface area contributed by atoms with Gasteiger partial charge >= 0.3 is 0 Å². The van der Waals surface area contributed by atoms with Gasteiger partial charge in [0.1, 0.15) is 11.9 Å². The summed E-state index contributed by atoms with van der Waals surface area (Å²) in [5.74, 6) is -1.38. The van der Waals surface area contributed by atoms with Crippen molar-refractivity contribution in [1.29, 1.82) is 0 Å². The Hall–Kier alpha value is -3.32. The molecule has 35 heavy (non-hydrogen) atoms. The zero-order chi connectivity index (χ0) is 24.8. The standard InChI is InChI=1S/C28H29FN2O3S/c1-19(32)20-13-15-22(16-14-20)31(26(33)18-23-10-7-17-35-23)27(24-11-5-6-12-25(24)29)28(34)30-21-8-3-2-4-9-21/h5-7,10-17,21,27H,2-4,8-9,18H2,1H3,(H,30,34)/t27-/m0/s1. The van der Waals surface area contributed by atoms with E-state index >= 15 is 4.39 Å². The smallest absolute Gasteiger partial charge is 0.248 e. The number of amides is 2. The van der Waals surface area contributed by atoms with Gasteiger partial charge in [-0.25, -0.2) is 4.39 Å². The minimum Gasteiger partial charge on any atom is -0.351 e. The third kappa shape index (κ3) is 6.03. The number of hydrogen-bond donors (Lipinski definition) is 1. The monoisotopic (exact) mass is 492 g/mol. The van der Waals surface area contributed by atoms with Crippen LogP contribution in [-0.2, 0) is 16.0 Å². The molecule has 1 fully saturated rings. The summed E-state index contributed by atoms with van der Waals surface area (Å²) in [7, 11) is 0. The van der Waals surface area contributed by atoms with E-state index in [2.05, 4.69) is 5.32 Å². The maximum absolute atomic E-state index is 15.1. The molecule has 5 nitrogen and oxygen atoms in total. The fourth-order valence-corrected chi connectivity index (χ4v) is 5.26. The van der Waals surface area contributed by atoms with Crippen LogP contribution < -0.4 is 10.2 Å². The van der Waals surface area contributed by atoms with Gasteiger partial charge in [-0.05, 0) is 61.5 Å². The first-order chi connectivity index (χ1) is 16.9. The van der Waals surface area contributed by atoms with Gasteiger partial charge in [0.2, 0.25) is 11.8 Å². The number of nitrogens with one attached hydrogen (secondary N) is 1. The molecule has 7 heteroatoms. The molecule has 0 spiro atoms. The van der Waals surface area contributed by atoms with Crippen LogP contribution in [0.5, 0.6) is 0 Å². The SMILES string of the molecule is CC(=O)c1ccc(N(C(=O)Cc2cccs2)[C@H](C(=O)NC2CCCCC2)c2ccccc2F)cc1. The van der Waals surface area contributed by atoms with E-state index in [0.717, 1.165) is 37.0 Å². The van der Waals surface area contributed by atoms with Gasteiger partial charge in [0.05, 0.1) is 6.42 Å². The summed E-state index contributed by atoms with van der Waals surface area (Å²) < 4.78 is 15.1. The Labute approximate surface area is 209 Å². The highest BCUT2D eigenvalue weighted by Gasteiger charge is 2.35. The Kier molecular flexibility index (Phi) is 8.08. The molecule has 1 aliphatic rings. The molecule has 0 radical (unpaired) electrons. The molecule has 3 aromatic rings. The second-order valence-corrected chi connectivity index (χ2v) is 9.92. The van der Waals surface area contributed by atoms with Crippen molar-refractivity contribution in [3.05, 3.63) is 87.9 Å². The van der Waals surface area contributed by atoms with E-state index in [-0.39, 0.29) is 29.7 Å². The summed E-state index contributed by atoms with van der Waals surface area (Å²) in [6, 6.07) is 15.2. The van der Waals surface area contributed by atoms with Crippen molar-refractivity contribution in [2.24, 2.45) is 0 Å². The number of thiophene rings is 1. The second kappa shape index (κ2) is 11.4. The molecular weight excluding hydrogens is 463 g/mol. The molecule has 1 atom stereocenters. The van der Waals surface area contributed by atoms with E-state index < -0.39 is 17.8 Å². The molecule has 0 saturated heterocycles. The zero-order valence-electron chi connectivity index (χ0n) is 19.7. The highest BCUT2D eigenvalue weighted by Crippen LogP contribution is 2.32.